The monoisotopic (exact) mass is 716 g/mol. The highest BCUT2D eigenvalue weighted by Crippen LogP contribution is 2.34. The van der Waals surface area contributed by atoms with E-state index in [9.17, 15) is 9.59 Å². The van der Waals surface area contributed by atoms with Gasteiger partial charge < -0.3 is 35.9 Å². The van der Waals surface area contributed by atoms with Crippen molar-refractivity contribution in [3.05, 3.63) is 113 Å². The minimum absolute atomic E-state index is 0.00624. The summed E-state index contributed by atoms with van der Waals surface area (Å²) in [5.41, 5.74) is 10.7. The molecule has 4 rings (SSSR count). The number of rotatable bonds is 13. The van der Waals surface area contributed by atoms with Crippen LogP contribution in [0.15, 0.2) is 85.5 Å². The van der Waals surface area contributed by atoms with E-state index in [1.165, 1.54) is 0 Å². The summed E-state index contributed by atoms with van der Waals surface area (Å²) in [6.07, 6.45) is 15.8. The maximum atomic E-state index is 12.6. The summed E-state index contributed by atoms with van der Waals surface area (Å²) >= 11 is 6.39. The Kier molecular flexibility index (Phi) is 20.1. The molecule has 0 unspecified atom stereocenters. The lowest BCUT2D eigenvalue weighted by atomic mass is 9.90. The fourth-order valence-corrected chi connectivity index (χ4v) is 5.35. The highest BCUT2D eigenvalue weighted by molar-refractivity contribution is 6.30. The van der Waals surface area contributed by atoms with Crippen molar-refractivity contribution in [3.8, 4) is 6.07 Å². The number of halogens is 1. The first-order valence-corrected chi connectivity index (χ1v) is 17.8. The Morgan fingerprint density at radius 1 is 1.14 bits per heavy atom. The lowest BCUT2D eigenvalue weighted by molar-refractivity contribution is -0.126. The van der Waals surface area contributed by atoms with Crippen LogP contribution in [-0.4, -0.2) is 65.8 Å². The summed E-state index contributed by atoms with van der Waals surface area (Å²) in [5.74, 6) is -0.183. The van der Waals surface area contributed by atoms with E-state index in [2.05, 4.69) is 39.2 Å². The SMILES string of the molecule is C/C=C(\c1cc(Cl)ccc1CC/C=C\C/C=C\N)[C@@H](NC(=O)COCC)c1cncn1C.CC.N#Cc1ccc(NC(=O)N2CCNCC2)cc1. The largest absolute Gasteiger partial charge is 0.405 e. The van der Waals surface area contributed by atoms with E-state index in [1.54, 1.807) is 47.9 Å². The number of anilines is 1. The number of ether oxygens (including phenoxy) is 1. The number of aromatic nitrogens is 2. The van der Waals surface area contributed by atoms with Crippen LogP contribution in [0.5, 0.6) is 0 Å². The van der Waals surface area contributed by atoms with E-state index in [4.69, 9.17) is 27.3 Å². The van der Waals surface area contributed by atoms with Crippen molar-refractivity contribution >= 4 is 34.8 Å². The quantitative estimate of drug-likeness (QED) is 0.143. The van der Waals surface area contributed by atoms with Crippen LogP contribution in [0.3, 0.4) is 0 Å². The molecule has 1 aliphatic rings. The van der Waals surface area contributed by atoms with Gasteiger partial charge in [0.15, 0.2) is 0 Å². The molecular weight excluding hydrogens is 664 g/mol. The van der Waals surface area contributed by atoms with Gasteiger partial charge in [-0.15, -0.1) is 0 Å². The van der Waals surface area contributed by atoms with Gasteiger partial charge in [-0.1, -0.05) is 55.8 Å². The minimum atomic E-state index is -0.386. The van der Waals surface area contributed by atoms with E-state index in [0.29, 0.717) is 22.9 Å². The number of hydrogen-bond donors (Lipinski definition) is 4. The second-order valence-electron chi connectivity index (χ2n) is 11.1. The summed E-state index contributed by atoms with van der Waals surface area (Å²) in [6, 6.07) is 14.3. The Balaban J connectivity index is 0.000000396. The average molecular weight is 717 g/mol. The van der Waals surface area contributed by atoms with Crippen molar-refractivity contribution in [1.82, 2.24) is 25.1 Å². The number of imidazole rings is 1. The van der Waals surface area contributed by atoms with Crippen LogP contribution in [0.2, 0.25) is 5.02 Å². The highest BCUT2D eigenvalue weighted by Gasteiger charge is 2.24. The van der Waals surface area contributed by atoms with Gasteiger partial charge in [0.05, 0.1) is 35.9 Å². The number of carbonyl (C=O) groups is 2. The Morgan fingerprint density at radius 3 is 2.47 bits per heavy atom. The lowest BCUT2D eigenvalue weighted by Crippen LogP contribution is -2.48. The normalized spacial score (nSPS) is 13.4. The molecule has 1 aliphatic heterocycles. The van der Waals surface area contributed by atoms with Crippen LogP contribution in [0.1, 0.15) is 69.0 Å². The number of piperazine rings is 1. The number of nitrogens with one attached hydrogen (secondary N) is 3. The van der Waals surface area contributed by atoms with Crippen molar-refractivity contribution in [1.29, 1.82) is 5.26 Å². The molecule has 1 fully saturated rings. The predicted octanol–water partition coefficient (Wildman–Crippen LogP) is 6.74. The number of nitriles is 1. The molecule has 51 heavy (non-hydrogen) atoms. The first kappa shape index (κ1) is 42.3. The van der Waals surface area contributed by atoms with Crippen molar-refractivity contribution < 1.29 is 14.3 Å². The fraction of sp³-hybridized carbons (Fsp3) is 0.385. The Morgan fingerprint density at radius 2 is 1.86 bits per heavy atom. The summed E-state index contributed by atoms with van der Waals surface area (Å²) < 4.78 is 7.21. The van der Waals surface area contributed by atoms with E-state index in [0.717, 1.165) is 67.8 Å². The van der Waals surface area contributed by atoms with E-state index in [-0.39, 0.29) is 24.6 Å². The van der Waals surface area contributed by atoms with Gasteiger partial charge in [0.25, 0.3) is 0 Å². The molecule has 11 nitrogen and oxygen atoms in total. The van der Waals surface area contributed by atoms with Crippen LogP contribution < -0.4 is 21.7 Å². The number of aryl methyl sites for hydroxylation is 2. The molecule has 0 bridgehead atoms. The summed E-state index contributed by atoms with van der Waals surface area (Å²) in [4.78, 5) is 30.4. The molecule has 3 aromatic rings. The van der Waals surface area contributed by atoms with Crippen LogP contribution in [0, 0.1) is 11.3 Å². The summed E-state index contributed by atoms with van der Waals surface area (Å²) in [5, 5.41) is 18.4. The number of hydrogen-bond acceptors (Lipinski definition) is 7. The zero-order chi connectivity index (χ0) is 37.4. The van der Waals surface area contributed by atoms with Gasteiger partial charge in [-0.3, -0.25) is 4.79 Å². The van der Waals surface area contributed by atoms with Gasteiger partial charge >= 0.3 is 6.03 Å². The predicted molar refractivity (Wildman–Crippen MR) is 207 cm³/mol. The van der Waals surface area contributed by atoms with Gasteiger partial charge in [0.1, 0.15) is 6.61 Å². The van der Waals surface area contributed by atoms with Crippen molar-refractivity contribution in [2.45, 2.75) is 53.0 Å². The van der Waals surface area contributed by atoms with Crippen molar-refractivity contribution in [2.24, 2.45) is 12.8 Å². The van der Waals surface area contributed by atoms with Gasteiger partial charge in [-0.25, -0.2) is 9.78 Å². The molecule has 1 aromatic heterocycles. The number of nitrogens with zero attached hydrogens (tertiary/aromatic N) is 4. The van der Waals surface area contributed by atoms with Crippen molar-refractivity contribution in [2.75, 3.05) is 44.7 Å². The molecule has 3 amide bonds. The molecule has 5 N–H and O–H groups in total. The van der Waals surface area contributed by atoms with E-state index < -0.39 is 0 Å². The molecule has 0 aliphatic carbocycles. The van der Waals surface area contributed by atoms with Crippen LogP contribution >= 0.6 is 11.6 Å². The maximum absolute atomic E-state index is 12.6. The Labute approximate surface area is 308 Å². The highest BCUT2D eigenvalue weighted by atomic mass is 35.5. The van der Waals surface area contributed by atoms with Gasteiger partial charge in [-0.05, 0) is 92.4 Å². The molecule has 2 aromatic carbocycles. The minimum Gasteiger partial charge on any atom is -0.405 e. The van der Waals surface area contributed by atoms with E-state index >= 15 is 0 Å². The van der Waals surface area contributed by atoms with Crippen molar-refractivity contribution in [3.63, 3.8) is 0 Å². The Bertz CT molecular complexity index is 1620. The molecule has 12 heteroatoms. The molecule has 0 saturated carbocycles. The summed E-state index contributed by atoms with van der Waals surface area (Å²) in [6.45, 7) is 11.4. The topological polar surface area (TPSA) is 150 Å². The van der Waals surface area contributed by atoms with Crippen LogP contribution in [-0.2, 0) is 23.0 Å². The number of amides is 3. The molecule has 0 radical (unpaired) electrons. The number of nitrogens with two attached hydrogens (primary N) is 1. The molecule has 274 valence electrons. The summed E-state index contributed by atoms with van der Waals surface area (Å²) in [7, 11) is 1.91. The van der Waals surface area contributed by atoms with Gasteiger partial charge in [0.2, 0.25) is 5.91 Å². The van der Waals surface area contributed by atoms with Crippen LogP contribution in [0.25, 0.3) is 5.57 Å². The molecule has 0 spiro atoms. The lowest BCUT2D eigenvalue weighted by Gasteiger charge is -2.27. The maximum Gasteiger partial charge on any atom is 0.321 e. The average Bonchev–Trinajstić information content (AvgIpc) is 3.59. The Hall–Kier alpha value is -4.89. The van der Waals surface area contributed by atoms with Gasteiger partial charge in [-0.2, -0.15) is 5.26 Å². The third-order valence-electron chi connectivity index (χ3n) is 7.72. The fourth-order valence-electron chi connectivity index (χ4n) is 5.18. The number of urea groups is 1. The first-order valence-electron chi connectivity index (χ1n) is 17.4. The second-order valence-corrected chi connectivity index (χ2v) is 11.6. The zero-order valence-electron chi connectivity index (χ0n) is 30.5. The second kappa shape index (κ2) is 24.3. The van der Waals surface area contributed by atoms with Gasteiger partial charge in [0, 0.05) is 50.5 Å². The zero-order valence-corrected chi connectivity index (χ0v) is 31.2. The third-order valence-corrected chi connectivity index (χ3v) is 7.96. The smallest absolute Gasteiger partial charge is 0.321 e. The third kappa shape index (κ3) is 14.5. The number of allylic oxidation sites excluding steroid dienone is 4. The molecule has 1 atom stereocenters. The molecular formula is C39H53ClN8O3. The first-order chi connectivity index (χ1) is 24.8. The number of benzene rings is 2. The standard InChI is InChI=1S/C25H33ClN4O2.C12H14N4O.C2H6/c1-4-21(25(23-16-28-18-30(23)3)29-24(31)17-32-5-2)22-15-20(26)13-12-19(22)11-9-7-6-8-10-14-27;13-9-10-1-3-11(4-2-10)15-12(17)16-7-5-14-6-8-16;1-2/h4,6-7,10,12-16,18,25H,5,8-9,11,17,27H2,1-3H3,(H,29,31);1-4,14H,5-8H2,(H,15,17);1-2H3/b7-6-,14-10-,21-4+;;/t25-;;/m1../s1. The number of carbonyl (C=O) groups excluding carboxylic acids is 2. The van der Waals surface area contributed by atoms with E-state index in [1.807, 2.05) is 69.7 Å². The molecule has 1 saturated heterocycles. The molecule has 2 heterocycles. The van der Waals surface area contributed by atoms with Crippen LogP contribution in [0.4, 0.5) is 10.5 Å².